The van der Waals surface area contributed by atoms with Crippen molar-refractivity contribution in [1.82, 2.24) is 14.4 Å². The molecule has 6 heteroatoms. The Hall–Kier alpha value is -1.89. The van der Waals surface area contributed by atoms with Gasteiger partial charge in [0.1, 0.15) is 11.5 Å². The number of fused-ring (bicyclic) bond motifs is 4. The SMILES string of the molecule is Cc1ccc(CN2C[C@@H]3C[C@H](C2)c2ccc(CN4CCOCC4)c(=O)n2C3)o1. The van der Waals surface area contributed by atoms with Gasteiger partial charge in [-0.2, -0.15) is 0 Å². The van der Waals surface area contributed by atoms with Crippen LogP contribution in [0.5, 0.6) is 0 Å². The summed E-state index contributed by atoms with van der Waals surface area (Å²) in [6.07, 6.45) is 1.19. The molecule has 0 aliphatic carbocycles. The van der Waals surface area contributed by atoms with Crippen LogP contribution in [0.2, 0.25) is 0 Å². The molecule has 2 atom stereocenters. The summed E-state index contributed by atoms with van der Waals surface area (Å²) in [6.45, 7) is 9.82. The van der Waals surface area contributed by atoms with Crippen LogP contribution in [0.15, 0.2) is 33.5 Å². The Bertz CT molecular complexity index is 897. The number of pyridine rings is 1. The first-order valence-electron chi connectivity index (χ1n) is 10.5. The number of aromatic nitrogens is 1. The molecule has 2 fully saturated rings. The van der Waals surface area contributed by atoms with Crippen LogP contribution < -0.4 is 5.56 Å². The number of ether oxygens (including phenoxy) is 1. The largest absolute Gasteiger partial charge is 0.465 e. The van der Waals surface area contributed by atoms with Gasteiger partial charge in [-0.15, -0.1) is 0 Å². The molecule has 2 saturated heterocycles. The Labute approximate surface area is 165 Å². The molecule has 6 nitrogen and oxygen atoms in total. The van der Waals surface area contributed by atoms with Crippen molar-refractivity contribution in [2.45, 2.75) is 38.9 Å². The van der Waals surface area contributed by atoms with Crippen molar-refractivity contribution in [2.75, 3.05) is 39.4 Å². The molecule has 0 spiro atoms. The average Bonchev–Trinajstić information content (AvgIpc) is 3.10. The minimum absolute atomic E-state index is 0.216. The topological polar surface area (TPSA) is 50.9 Å². The van der Waals surface area contributed by atoms with Gasteiger partial charge in [-0.05, 0) is 37.5 Å². The van der Waals surface area contributed by atoms with Crippen LogP contribution in [0.25, 0.3) is 0 Å². The van der Waals surface area contributed by atoms with Crippen LogP contribution in [0.3, 0.4) is 0 Å². The second kappa shape index (κ2) is 7.50. The molecule has 0 unspecified atom stereocenters. The summed E-state index contributed by atoms with van der Waals surface area (Å²) in [5.41, 5.74) is 2.36. The minimum Gasteiger partial charge on any atom is -0.465 e. The van der Waals surface area contributed by atoms with E-state index < -0.39 is 0 Å². The Morgan fingerprint density at radius 3 is 2.64 bits per heavy atom. The number of nitrogens with zero attached hydrogens (tertiary/aromatic N) is 3. The number of hydrogen-bond donors (Lipinski definition) is 0. The second-order valence-electron chi connectivity index (χ2n) is 8.59. The van der Waals surface area contributed by atoms with Crippen LogP contribution in [0, 0.1) is 12.8 Å². The molecular weight excluding hydrogens is 354 g/mol. The molecule has 0 aromatic carbocycles. The van der Waals surface area contributed by atoms with Gasteiger partial charge < -0.3 is 13.7 Å². The van der Waals surface area contributed by atoms with Gasteiger partial charge in [-0.25, -0.2) is 0 Å². The summed E-state index contributed by atoms with van der Waals surface area (Å²) in [5, 5.41) is 0. The Morgan fingerprint density at radius 1 is 1.00 bits per heavy atom. The second-order valence-corrected chi connectivity index (χ2v) is 8.59. The number of hydrogen-bond acceptors (Lipinski definition) is 5. The zero-order chi connectivity index (χ0) is 19.1. The lowest BCUT2D eigenvalue weighted by Gasteiger charge is -2.42. The molecule has 2 aromatic heterocycles. The van der Waals surface area contributed by atoms with E-state index in [1.54, 1.807) is 0 Å². The first-order chi connectivity index (χ1) is 13.7. The Kier molecular flexibility index (Phi) is 4.87. The number of aryl methyl sites for hydroxylation is 1. The van der Waals surface area contributed by atoms with Crippen LogP contribution in [-0.4, -0.2) is 53.8 Å². The van der Waals surface area contributed by atoms with E-state index in [-0.39, 0.29) is 5.56 Å². The molecule has 3 aliphatic heterocycles. The monoisotopic (exact) mass is 383 g/mol. The number of rotatable bonds is 4. The van der Waals surface area contributed by atoms with Gasteiger partial charge >= 0.3 is 0 Å². The molecule has 2 bridgehead atoms. The van der Waals surface area contributed by atoms with Gasteiger partial charge in [0, 0.05) is 56.4 Å². The molecule has 3 aliphatic rings. The lowest BCUT2D eigenvalue weighted by atomic mass is 9.83. The highest BCUT2D eigenvalue weighted by Gasteiger charge is 2.35. The fourth-order valence-corrected chi connectivity index (χ4v) is 5.13. The van der Waals surface area contributed by atoms with Crippen LogP contribution >= 0.6 is 0 Å². The van der Waals surface area contributed by atoms with Gasteiger partial charge in [0.25, 0.3) is 5.56 Å². The molecule has 2 aromatic rings. The van der Waals surface area contributed by atoms with Gasteiger partial charge in [0.2, 0.25) is 0 Å². The summed E-state index contributed by atoms with van der Waals surface area (Å²) in [5.74, 6) is 2.99. The van der Waals surface area contributed by atoms with Crippen LogP contribution in [0.4, 0.5) is 0 Å². The van der Waals surface area contributed by atoms with Crippen molar-refractivity contribution < 1.29 is 9.15 Å². The third kappa shape index (κ3) is 3.56. The number of furan rings is 1. The zero-order valence-corrected chi connectivity index (χ0v) is 16.6. The van der Waals surface area contributed by atoms with Gasteiger partial charge in [0.15, 0.2) is 0 Å². The average molecular weight is 383 g/mol. The normalized spacial score (nSPS) is 25.6. The third-order valence-corrected chi connectivity index (χ3v) is 6.43. The summed E-state index contributed by atoms with van der Waals surface area (Å²) in [7, 11) is 0. The van der Waals surface area contributed by atoms with Crippen molar-refractivity contribution in [3.05, 3.63) is 57.4 Å². The van der Waals surface area contributed by atoms with E-state index in [1.807, 2.05) is 13.0 Å². The molecule has 0 N–H and O–H groups in total. The number of piperidine rings is 1. The van der Waals surface area contributed by atoms with Gasteiger partial charge in [-0.1, -0.05) is 6.07 Å². The number of likely N-dealkylation sites (tertiary alicyclic amines) is 1. The maximum Gasteiger partial charge on any atom is 0.255 e. The van der Waals surface area contributed by atoms with Crippen molar-refractivity contribution in [3.8, 4) is 0 Å². The molecular formula is C22H29N3O3. The maximum atomic E-state index is 13.2. The summed E-state index contributed by atoms with van der Waals surface area (Å²) >= 11 is 0. The van der Waals surface area contributed by atoms with Crippen molar-refractivity contribution in [2.24, 2.45) is 5.92 Å². The van der Waals surface area contributed by atoms with Crippen molar-refractivity contribution >= 4 is 0 Å². The number of morpholine rings is 1. The Balaban J connectivity index is 1.34. The quantitative estimate of drug-likeness (QED) is 0.810. The van der Waals surface area contributed by atoms with E-state index in [4.69, 9.17) is 9.15 Å². The fraction of sp³-hybridized carbons (Fsp3) is 0.591. The lowest BCUT2D eigenvalue weighted by Crippen LogP contribution is -2.47. The van der Waals surface area contributed by atoms with Gasteiger partial charge in [-0.3, -0.25) is 14.6 Å². The van der Waals surface area contributed by atoms with Gasteiger partial charge in [0.05, 0.1) is 19.8 Å². The smallest absolute Gasteiger partial charge is 0.255 e. The standard InChI is InChI=1S/C22H29N3O3/c1-16-2-4-20(28-16)15-24-11-17-10-19(14-24)21-5-3-18(22(26)25(21)12-17)13-23-6-8-27-9-7-23/h2-5,17,19H,6-15H2,1H3/t17-,19+/m0/s1. The van der Waals surface area contributed by atoms with Crippen LogP contribution in [-0.2, 0) is 24.4 Å². The highest BCUT2D eigenvalue weighted by atomic mass is 16.5. The zero-order valence-electron chi connectivity index (χ0n) is 16.6. The van der Waals surface area contributed by atoms with E-state index in [0.717, 1.165) is 76.1 Å². The van der Waals surface area contributed by atoms with E-state index in [0.29, 0.717) is 11.8 Å². The van der Waals surface area contributed by atoms with E-state index >= 15 is 0 Å². The van der Waals surface area contributed by atoms with Crippen molar-refractivity contribution in [1.29, 1.82) is 0 Å². The molecule has 5 heterocycles. The van der Waals surface area contributed by atoms with Crippen LogP contribution in [0.1, 0.15) is 35.1 Å². The molecule has 5 rings (SSSR count). The van der Waals surface area contributed by atoms with E-state index in [1.165, 1.54) is 12.1 Å². The highest BCUT2D eigenvalue weighted by molar-refractivity contribution is 5.22. The maximum absolute atomic E-state index is 13.2. The summed E-state index contributed by atoms with van der Waals surface area (Å²) < 4.78 is 13.3. The first kappa shape index (κ1) is 18.2. The third-order valence-electron chi connectivity index (χ3n) is 6.43. The predicted molar refractivity (Wildman–Crippen MR) is 106 cm³/mol. The predicted octanol–water partition coefficient (Wildman–Crippen LogP) is 2.20. The van der Waals surface area contributed by atoms with Crippen molar-refractivity contribution in [3.63, 3.8) is 0 Å². The summed E-state index contributed by atoms with van der Waals surface area (Å²) in [6, 6.07) is 8.39. The highest BCUT2D eigenvalue weighted by Crippen LogP contribution is 2.35. The molecule has 28 heavy (non-hydrogen) atoms. The first-order valence-corrected chi connectivity index (χ1v) is 10.5. The molecule has 0 saturated carbocycles. The minimum atomic E-state index is 0.216. The fourth-order valence-electron chi connectivity index (χ4n) is 5.13. The summed E-state index contributed by atoms with van der Waals surface area (Å²) in [4.78, 5) is 18.0. The van der Waals surface area contributed by atoms with E-state index in [9.17, 15) is 4.79 Å². The van der Waals surface area contributed by atoms with E-state index in [2.05, 4.69) is 32.6 Å². The Morgan fingerprint density at radius 2 is 1.86 bits per heavy atom. The molecule has 0 radical (unpaired) electrons. The lowest BCUT2D eigenvalue weighted by molar-refractivity contribution is 0.0338. The molecule has 0 amide bonds. The molecule has 150 valence electrons.